The first-order valence-corrected chi connectivity index (χ1v) is 11.6. The molecule has 2 fully saturated rings. The Hall–Kier alpha value is -0.0582. The van der Waals surface area contributed by atoms with Gasteiger partial charge in [0.2, 0.25) is 0 Å². The van der Waals surface area contributed by atoms with Gasteiger partial charge in [0.25, 0.3) is 0 Å². The molecule has 1 aliphatic heterocycles. The molecule has 0 spiro atoms. The molecule has 1 saturated heterocycles. The number of allylic oxidation sites excluding steroid dienone is 1. The highest BCUT2D eigenvalue weighted by atomic mass is 28.3. The van der Waals surface area contributed by atoms with Crippen LogP contribution in [0.4, 0.5) is 0 Å². The highest BCUT2D eigenvalue weighted by Gasteiger charge is 2.54. The Labute approximate surface area is 126 Å². The average molecular weight is 294 g/mol. The minimum Gasteiger partial charge on any atom is -0.400 e. The van der Waals surface area contributed by atoms with Gasteiger partial charge in [0.1, 0.15) is 0 Å². The molecule has 2 aliphatic rings. The SMILES string of the molecule is CC1(C)OB(C(=C2CCCCC2)[Si](C)(C)C)OC1(C)C. The van der Waals surface area contributed by atoms with Crippen molar-refractivity contribution in [2.45, 2.75) is 90.6 Å². The van der Waals surface area contributed by atoms with Gasteiger partial charge in [-0.05, 0) is 53.4 Å². The summed E-state index contributed by atoms with van der Waals surface area (Å²) in [5.74, 6) is 0. The topological polar surface area (TPSA) is 18.5 Å². The molecular formula is C16H31BO2Si. The quantitative estimate of drug-likeness (QED) is 0.684. The van der Waals surface area contributed by atoms with Crippen LogP contribution in [-0.2, 0) is 9.31 Å². The maximum absolute atomic E-state index is 6.36. The Morgan fingerprint density at radius 2 is 1.35 bits per heavy atom. The third-order valence-electron chi connectivity index (χ3n) is 5.13. The van der Waals surface area contributed by atoms with Crippen molar-refractivity contribution in [2.24, 2.45) is 0 Å². The highest BCUT2D eigenvalue weighted by molar-refractivity contribution is 6.95. The first kappa shape index (κ1) is 16.3. The predicted octanol–water partition coefficient (Wildman–Crippen LogP) is 4.76. The molecule has 0 bridgehead atoms. The van der Waals surface area contributed by atoms with Crippen molar-refractivity contribution >= 4 is 15.2 Å². The van der Waals surface area contributed by atoms with Gasteiger partial charge >= 0.3 is 7.12 Å². The summed E-state index contributed by atoms with van der Waals surface area (Å²) in [5.41, 5.74) is 1.20. The van der Waals surface area contributed by atoms with Crippen LogP contribution in [0.2, 0.25) is 19.6 Å². The van der Waals surface area contributed by atoms with Gasteiger partial charge < -0.3 is 9.31 Å². The summed E-state index contributed by atoms with van der Waals surface area (Å²) in [4.78, 5) is 0. The Morgan fingerprint density at radius 1 is 0.900 bits per heavy atom. The zero-order valence-corrected chi connectivity index (χ0v) is 15.4. The van der Waals surface area contributed by atoms with Crippen molar-refractivity contribution in [2.75, 3.05) is 0 Å². The zero-order valence-electron chi connectivity index (χ0n) is 14.4. The summed E-state index contributed by atoms with van der Waals surface area (Å²) in [5, 5.41) is 1.54. The fraction of sp³-hybridized carbons (Fsp3) is 0.875. The second kappa shape index (κ2) is 5.29. The van der Waals surface area contributed by atoms with Gasteiger partial charge in [0, 0.05) is 0 Å². The molecule has 0 N–H and O–H groups in total. The van der Waals surface area contributed by atoms with E-state index in [-0.39, 0.29) is 18.3 Å². The Kier molecular flexibility index (Phi) is 4.32. The van der Waals surface area contributed by atoms with E-state index in [2.05, 4.69) is 47.3 Å². The Bertz CT molecular complexity index is 383. The molecule has 4 heteroatoms. The van der Waals surface area contributed by atoms with Gasteiger partial charge in [0.15, 0.2) is 0 Å². The lowest BCUT2D eigenvalue weighted by molar-refractivity contribution is 0.00578. The molecule has 0 amide bonds. The van der Waals surface area contributed by atoms with E-state index in [1.807, 2.05) is 0 Å². The minimum absolute atomic E-state index is 0.111. The largest absolute Gasteiger partial charge is 0.486 e. The van der Waals surface area contributed by atoms with E-state index in [1.54, 1.807) is 5.57 Å². The van der Waals surface area contributed by atoms with E-state index in [0.717, 1.165) is 0 Å². The van der Waals surface area contributed by atoms with Crippen LogP contribution < -0.4 is 0 Å². The molecule has 0 aromatic carbocycles. The van der Waals surface area contributed by atoms with Crippen LogP contribution in [-0.4, -0.2) is 26.4 Å². The first-order valence-electron chi connectivity index (χ1n) is 8.13. The van der Waals surface area contributed by atoms with Gasteiger partial charge in [0.05, 0.1) is 19.3 Å². The fourth-order valence-corrected chi connectivity index (χ4v) is 5.39. The van der Waals surface area contributed by atoms with Crippen molar-refractivity contribution in [3.8, 4) is 0 Å². The van der Waals surface area contributed by atoms with Crippen LogP contribution in [0.3, 0.4) is 0 Å². The van der Waals surface area contributed by atoms with Crippen molar-refractivity contribution in [1.82, 2.24) is 0 Å². The molecule has 1 aliphatic carbocycles. The van der Waals surface area contributed by atoms with E-state index in [4.69, 9.17) is 9.31 Å². The lowest BCUT2D eigenvalue weighted by Gasteiger charge is -2.32. The smallest absolute Gasteiger partial charge is 0.400 e. The van der Waals surface area contributed by atoms with E-state index < -0.39 is 8.07 Å². The summed E-state index contributed by atoms with van der Waals surface area (Å²) >= 11 is 0. The zero-order chi connectivity index (χ0) is 15.2. The fourth-order valence-electron chi connectivity index (χ4n) is 3.26. The standard InChI is InChI=1S/C16H31BO2Si/c1-15(2)16(3,4)19-17(18-15)14(20(5,6)7)13-11-9-8-10-12-13/h8-12H2,1-7H3. The summed E-state index contributed by atoms with van der Waals surface area (Å²) in [6.07, 6.45) is 6.56. The lowest BCUT2D eigenvalue weighted by atomic mass is 9.81. The number of rotatable bonds is 2. The van der Waals surface area contributed by atoms with Crippen molar-refractivity contribution in [3.05, 3.63) is 10.7 Å². The number of hydrogen-bond acceptors (Lipinski definition) is 2. The summed E-state index contributed by atoms with van der Waals surface area (Å²) in [6, 6.07) is 0. The van der Waals surface area contributed by atoms with Gasteiger partial charge in [-0.2, -0.15) is 0 Å². The lowest BCUT2D eigenvalue weighted by Crippen LogP contribution is -2.41. The van der Waals surface area contributed by atoms with Crippen LogP contribution in [0.15, 0.2) is 10.7 Å². The van der Waals surface area contributed by atoms with Gasteiger partial charge in [-0.25, -0.2) is 0 Å². The predicted molar refractivity (Wildman–Crippen MR) is 89.5 cm³/mol. The normalized spacial score (nSPS) is 25.9. The maximum atomic E-state index is 6.36. The molecule has 0 radical (unpaired) electrons. The van der Waals surface area contributed by atoms with Gasteiger partial charge in [-0.1, -0.05) is 36.7 Å². The maximum Gasteiger partial charge on any atom is 0.486 e. The summed E-state index contributed by atoms with van der Waals surface area (Å²) in [6.45, 7) is 15.9. The molecule has 0 unspecified atom stereocenters. The molecule has 1 saturated carbocycles. The van der Waals surface area contributed by atoms with E-state index in [0.29, 0.717) is 0 Å². The minimum atomic E-state index is -1.43. The van der Waals surface area contributed by atoms with E-state index in [1.165, 1.54) is 37.2 Å². The summed E-state index contributed by atoms with van der Waals surface area (Å²) in [7, 11) is -1.55. The summed E-state index contributed by atoms with van der Waals surface area (Å²) < 4.78 is 12.7. The van der Waals surface area contributed by atoms with Gasteiger partial charge in [-0.15, -0.1) is 0 Å². The molecular weight excluding hydrogens is 263 g/mol. The Morgan fingerprint density at radius 3 is 1.75 bits per heavy atom. The molecule has 0 atom stereocenters. The monoisotopic (exact) mass is 294 g/mol. The third kappa shape index (κ3) is 3.07. The second-order valence-corrected chi connectivity index (χ2v) is 13.5. The van der Waals surface area contributed by atoms with Gasteiger partial charge in [-0.3, -0.25) is 0 Å². The highest BCUT2D eigenvalue weighted by Crippen LogP contribution is 2.42. The van der Waals surface area contributed by atoms with Crippen molar-refractivity contribution < 1.29 is 9.31 Å². The average Bonchev–Trinajstić information content (AvgIpc) is 2.47. The molecule has 2 nitrogen and oxygen atoms in total. The van der Waals surface area contributed by atoms with E-state index >= 15 is 0 Å². The molecule has 1 heterocycles. The van der Waals surface area contributed by atoms with Crippen molar-refractivity contribution in [3.63, 3.8) is 0 Å². The van der Waals surface area contributed by atoms with Crippen molar-refractivity contribution in [1.29, 1.82) is 0 Å². The number of hydrogen-bond donors (Lipinski definition) is 0. The Balaban J connectivity index is 2.35. The van der Waals surface area contributed by atoms with E-state index in [9.17, 15) is 0 Å². The van der Waals surface area contributed by atoms with Crippen LogP contribution in [0.25, 0.3) is 0 Å². The van der Waals surface area contributed by atoms with Crippen LogP contribution in [0.5, 0.6) is 0 Å². The molecule has 0 aromatic heterocycles. The second-order valence-electron chi connectivity index (χ2n) is 8.42. The van der Waals surface area contributed by atoms with Crippen LogP contribution in [0.1, 0.15) is 59.8 Å². The van der Waals surface area contributed by atoms with Crippen LogP contribution >= 0.6 is 0 Å². The van der Waals surface area contributed by atoms with Crippen LogP contribution in [0, 0.1) is 0 Å². The molecule has 2 rings (SSSR count). The molecule has 20 heavy (non-hydrogen) atoms. The molecule has 0 aromatic rings. The molecule has 114 valence electrons. The first-order chi connectivity index (χ1) is 9.05. The third-order valence-corrected chi connectivity index (χ3v) is 7.34.